The predicted molar refractivity (Wildman–Crippen MR) is 87.0 cm³/mol. The molecule has 4 nitrogen and oxygen atoms in total. The molecule has 0 bridgehead atoms. The van der Waals surface area contributed by atoms with Crippen molar-refractivity contribution in [3.8, 4) is 16.9 Å². The van der Waals surface area contributed by atoms with E-state index in [1.54, 1.807) is 12.1 Å². The summed E-state index contributed by atoms with van der Waals surface area (Å²) in [7, 11) is 0. The number of carboxylic acids is 1. The van der Waals surface area contributed by atoms with Gasteiger partial charge in [0.05, 0.1) is 6.42 Å². The van der Waals surface area contributed by atoms with Crippen molar-refractivity contribution in [2.75, 3.05) is 5.94 Å². The van der Waals surface area contributed by atoms with E-state index in [1.807, 2.05) is 36.4 Å². The summed E-state index contributed by atoms with van der Waals surface area (Å²) in [5.74, 6) is 0.115. The second-order valence-corrected chi connectivity index (χ2v) is 5.76. The van der Waals surface area contributed by atoms with Gasteiger partial charge in [-0.1, -0.05) is 42.5 Å². The molecule has 2 aromatic carbocycles. The van der Waals surface area contributed by atoms with Crippen LogP contribution in [0.4, 0.5) is 0 Å². The molecule has 0 amide bonds. The number of ether oxygens (including phenoxy) is 1. The van der Waals surface area contributed by atoms with Crippen LogP contribution in [0.2, 0.25) is 0 Å². The van der Waals surface area contributed by atoms with Crippen molar-refractivity contribution >= 4 is 22.8 Å². The van der Waals surface area contributed by atoms with Crippen LogP contribution in [0.5, 0.6) is 5.75 Å². The maximum absolute atomic E-state index is 10.9. The summed E-state index contributed by atoms with van der Waals surface area (Å²) in [6, 6.07) is 14.9. The van der Waals surface area contributed by atoms with E-state index < -0.39 is 5.97 Å². The Kier molecular flexibility index (Phi) is 5.61. The van der Waals surface area contributed by atoms with Gasteiger partial charge < -0.3 is 9.84 Å². The molecule has 0 aliphatic carbocycles. The van der Waals surface area contributed by atoms with Crippen LogP contribution in [0, 0.1) is 0 Å². The summed E-state index contributed by atoms with van der Waals surface area (Å²) >= 11 is 1.11. The highest BCUT2D eigenvalue weighted by Gasteiger charge is 2.07. The summed E-state index contributed by atoms with van der Waals surface area (Å²) in [6.45, 7) is 1.50. The largest absolute Gasteiger partial charge is 0.482 e. The number of benzene rings is 2. The lowest BCUT2D eigenvalue weighted by Gasteiger charge is -2.11. The van der Waals surface area contributed by atoms with Gasteiger partial charge in [-0.05, 0) is 29.0 Å². The van der Waals surface area contributed by atoms with Crippen LogP contribution in [-0.4, -0.2) is 22.1 Å². The summed E-state index contributed by atoms with van der Waals surface area (Å²) in [5.41, 5.74) is 2.60. The van der Waals surface area contributed by atoms with Crippen LogP contribution in [0.3, 0.4) is 0 Å². The van der Waals surface area contributed by atoms with Gasteiger partial charge in [0.2, 0.25) is 0 Å². The number of carbonyl (C=O) groups excluding carboxylic acids is 1. The number of carbonyl (C=O) groups is 2. The van der Waals surface area contributed by atoms with Crippen molar-refractivity contribution in [3.63, 3.8) is 0 Å². The first kappa shape index (κ1) is 16.1. The van der Waals surface area contributed by atoms with Gasteiger partial charge in [-0.15, -0.1) is 0 Å². The number of hydrogen-bond acceptors (Lipinski definition) is 4. The molecule has 0 fully saturated rings. The Balaban J connectivity index is 2.17. The molecule has 0 saturated heterocycles. The van der Waals surface area contributed by atoms with Gasteiger partial charge in [-0.2, -0.15) is 0 Å². The first-order valence-electron chi connectivity index (χ1n) is 6.72. The van der Waals surface area contributed by atoms with Gasteiger partial charge in [-0.3, -0.25) is 9.59 Å². The summed E-state index contributed by atoms with van der Waals surface area (Å²) in [4.78, 5) is 21.7. The zero-order valence-electron chi connectivity index (χ0n) is 12.1. The first-order valence-corrected chi connectivity index (χ1v) is 7.71. The molecule has 114 valence electrons. The molecule has 0 radical (unpaired) electrons. The molecule has 0 heterocycles. The van der Waals surface area contributed by atoms with E-state index in [0.29, 0.717) is 5.75 Å². The fourth-order valence-electron chi connectivity index (χ4n) is 1.98. The molecule has 0 aromatic heterocycles. The van der Waals surface area contributed by atoms with Crippen molar-refractivity contribution < 1.29 is 19.4 Å². The molecular weight excluding hydrogens is 300 g/mol. The SMILES string of the molecule is CC(=O)SCOc1ccccc1-c1ccc(CC(=O)O)cc1. The second kappa shape index (κ2) is 7.66. The van der Waals surface area contributed by atoms with E-state index >= 15 is 0 Å². The number of hydrogen-bond donors (Lipinski definition) is 1. The van der Waals surface area contributed by atoms with Gasteiger partial charge in [0.25, 0.3) is 0 Å². The maximum Gasteiger partial charge on any atom is 0.307 e. The minimum absolute atomic E-state index is 0.00762. The molecule has 5 heteroatoms. The van der Waals surface area contributed by atoms with Crippen LogP contribution < -0.4 is 4.74 Å². The molecular formula is C17H16O4S. The Morgan fingerprint density at radius 2 is 1.77 bits per heavy atom. The standard InChI is InChI=1S/C17H16O4S/c1-12(18)22-11-21-16-5-3-2-4-15(16)14-8-6-13(7-9-14)10-17(19)20/h2-9H,10-11H2,1H3,(H,19,20). The topological polar surface area (TPSA) is 63.6 Å². The van der Waals surface area contributed by atoms with Gasteiger partial charge >= 0.3 is 5.97 Å². The first-order chi connectivity index (χ1) is 10.6. The smallest absolute Gasteiger partial charge is 0.307 e. The highest BCUT2D eigenvalue weighted by molar-refractivity contribution is 8.13. The lowest BCUT2D eigenvalue weighted by molar-refractivity contribution is -0.136. The highest BCUT2D eigenvalue weighted by Crippen LogP contribution is 2.30. The molecule has 0 aliphatic rings. The van der Waals surface area contributed by atoms with E-state index in [-0.39, 0.29) is 17.5 Å². The molecule has 2 aromatic rings. The third kappa shape index (κ3) is 4.63. The Morgan fingerprint density at radius 3 is 2.41 bits per heavy atom. The number of para-hydroxylation sites is 1. The van der Waals surface area contributed by atoms with Crippen molar-refractivity contribution in [2.24, 2.45) is 0 Å². The highest BCUT2D eigenvalue weighted by atomic mass is 32.2. The lowest BCUT2D eigenvalue weighted by atomic mass is 10.0. The van der Waals surface area contributed by atoms with E-state index in [9.17, 15) is 9.59 Å². The van der Waals surface area contributed by atoms with Crippen LogP contribution in [0.15, 0.2) is 48.5 Å². The molecule has 0 saturated carbocycles. The molecule has 2 rings (SSSR count). The Bertz CT molecular complexity index is 665. The minimum Gasteiger partial charge on any atom is -0.482 e. The fourth-order valence-corrected chi connectivity index (χ4v) is 2.34. The predicted octanol–water partition coefficient (Wildman–Crippen LogP) is 3.60. The van der Waals surface area contributed by atoms with E-state index in [0.717, 1.165) is 28.5 Å². The molecule has 22 heavy (non-hydrogen) atoms. The van der Waals surface area contributed by atoms with E-state index in [1.165, 1.54) is 6.92 Å². The van der Waals surface area contributed by atoms with E-state index in [4.69, 9.17) is 9.84 Å². The zero-order chi connectivity index (χ0) is 15.9. The normalized spacial score (nSPS) is 10.2. The molecule has 0 atom stereocenters. The van der Waals surface area contributed by atoms with Crippen molar-refractivity contribution in [1.82, 2.24) is 0 Å². The summed E-state index contributed by atoms with van der Waals surface area (Å²) in [5, 5.41) is 8.80. The van der Waals surface area contributed by atoms with Gasteiger partial charge in [0, 0.05) is 12.5 Å². The molecule has 1 N–H and O–H groups in total. The van der Waals surface area contributed by atoms with Crippen molar-refractivity contribution in [3.05, 3.63) is 54.1 Å². The summed E-state index contributed by atoms with van der Waals surface area (Å²) < 4.78 is 5.65. The van der Waals surface area contributed by atoms with Crippen LogP contribution in [-0.2, 0) is 16.0 Å². The minimum atomic E-state index is -0.849. The maximum atomic E-state index is 10.9. The Hall–Kier alpha value is -2.27. The average molecular weight is 316 g/mol. The number of rotatable bonds is 6. The third-order valence-corrected chi connectivity index (χ3v) is 3.63. The second-order valence-electron chi connectivity index (χ2n) is 4.66. The van der Waals surface area contributed by atoms with Crippen molar-refractivity contribution in [2.45, 2.75) is 13.3 Å². The third-order valence-electron chi connectivity index (χ3n) is 2.98. The van der Waals surface area contributed by atoms with Gasteiger partial charge in [0.1, 0.15) is 11.7 Å². The van der Waals surface area contributed by atoms with E-state index in [2.05, 4.69) is 0 Å². The average Bonchev–Trinajstić information content (AvgIpc) is 2.48. The molecule has 0 aliphatic heterocycles. The Labute approximate surface area is 133 Å². The number of thioether (sulfide) groups is 1. The quantitative estimate of drug-likeness (QED) is 0.825. The lowest BCUT2D eigenvalue weighted by Crippen LogP contribution is -2.00. The van der Waals surface area contributed by atoms with Gasteiger partial charge in [0.15, 0.2) is 5.12 Å². The van der Waals surface area contributed by atoms with Crippen LogP contribution >= 0.6 is 11.8 Å². The zero-order valence-corrected chi connectivity index (χ0v) is 12.9. The molecule has 0 unspecified atom stereocenters. The van der Waals surface area contributed by atoms with Crippen molar-refractivity contribution in [1.29, 1.82) is 0 Å². The van der Waals surface area contributed by atoms with Crippen LogP contribution in [0.25, 0.3) is 11.1 Å². The number of carboxylic acid groups (broad SMARTS) is 1. The Morgan fingerprint density at radius 1 is 1.09 bits per heavy atom. The monoisotopic (exact) mass is 316 g/mol. The summed E-state index contributed by atoms with van der Waals surface area (Å²) in [6.07, 6.45) is 0.00762. The number of aliphatic carboxylic acids is 1. The fraction of sp³-hybridized carbons (Fsp3) is 0.176. The van der Waals surface area contributed by atoms with Crippen LogP contribution in [0.1, 0.15) is 12.5 Å². The molecule has 0 spiro atoms. The van der Waals surface area contributed by atoms with Gasteiger partial charge in [-0.25, -0.2) is 0 Å².